The van der Waals surface area contributed by atoms with Gasteiger partial charge in [0.2, 0.25) is 0 Å². The molecule has 6 heteroatoms. The van der Waals surface area contributed by atoms with Crippen molar-refractivity contribution in [3.63, 3.8) is 0 Å². The van der Waals surface area contributed by atoms with Gasteiger partial charge in [-0.15, -0.1) is 0 Å². The molecular formula is C11H19NO4S. The zero-order valence-electron chi connectivity index (χ0n) is 10.1. The summed E-state index contributed by atoms with van der Waals surface area (Å²) in [5, 5.41) is 3.19. The van der Waals surface area contributed by atoms with Gasteiger partial charge >= 0.3 is 5.97 Å². The monoisotopic (exact) mass is 261 g/mol. The van der Waals surface area contributed by atoms with Crippen molar-refractivity contribution in [2.75, 3.05) is 18.1 Å². The van der Waals surface area contributed by atoms with E-state index in [0.717, 1.165) is 12.8 Å². The highest BCUT2D eigenvalue weighted by atomic mass is 32.2. The van der Waals surface area contributed by atoms with Crippen LogP contribution in [0, 0.1) is 0 Å². The Morgan fingerprint density at radius 3 is 2.71 bits per heavy atom. The third-order valence-electron chi connectivity index (χ3n) is 3.25. The summed E-state index contributed by atoms with van der Waals surface area (Å²) in [4.78, 5) is 12.0. The van der Waals surface area contributed by atoms with E-state index in [1.807, 2.05) is 0 Å². The van der Waals surface area contributed by atoms with E-state index in [1.54, 1.807) is 6.92 Å². The summed E-state index contributed by atoms with van der Waals surface area (Å²) in [6.45, 7) is 2.02. The van der Waals surface area contributed by atoms with Crippen LogP contribution in [0.1, 0.15) is 32.6 Å². The van der Waals surface area contributed by atoms with Crippen LogP contribution in [0.4, 0.5) is 0 Å². The van der Waals surface area contributed by atoms with E-state index in [4.69, 9.17) is 4.74 Å². The Balaban J connectivity index is 2.18. The molecule has 1 N–H and O–H groups in total. The topological polar surface area (TPSA) is 72.5 Å². The van der Waals surface area contributed by atoms with Crippen molar-refractivity contribution in [2.24, 2.45) is 0 Å². The van der Waals surface area contributed by atoms with Crippen LogP contribution in [0.15, 0.2) is 0 Å². The van der Waals surface area contributed by atoms with Crippen LogP contribution in [0.3, 0.4) is 0 Å². The van der Waals surface area contributed by atoms with E-state index in [1.165, 1.54) is 0 Å². The Bertz CT molecular complexity index is 402. The predicted octanol–water partition coefficient (Wildman–Crippen LogP) is 0.249. The first kappa shape index (κ1) is 12.8. The van der Waals surface area contributed by atoms with Crippen molar-refractivity contribution >= 4 is 15.8 Å². The van der Waals surface area contributed by atoms with E-state index in [0.29, 0.717) is 12.8 Å². The number of sulfone groups is 1. The molecular weight excluding hydrogens is 242 g/mol. The first-order chi connectivity index (χ1) is 7.97. The van der Waals surface area contributed by atoms with Crippen LogP contribution in [0.25, 0.3) is 0 Å². The van der Waals surface area contributed by atoms with Crippen molar-refractivity contribution in [3.8, 4) is 0 Å². The molecule has 0 aromatic heterocycles. The number of hydrogen-bond donors (Lipinski definition) is 1. The maximum atomic E-state index is 12.0. The number of ether oxygens (including phenoxy) is 1. The average molecular weight is 261 g/mol. The summed E-state index contributed by atoms with van der Waals surface area (Å²) in [5.41, 5.74) is -0.992. The highest BCUT2D eigenvalue weighted by Crippen LogP contribution is 2.30. The summed E-state index contributed by atoms with van der Waals surface area (Å²) < 4.78 is 28.5. The number of rotatable bonds is 4. The minimum atomic E-state index is -3.13. The zero-order chi connectivity index (χ0) is 12.5. The van der Waals surface area contributed by atoms with Gasteiger partial charge in [-0.2, -0.15) is 0 Å². The molecule has 1 saturated heterocycles. The van der Waals surface area contributed by atoms with Gasteiger partial charge in [0, 0.05) is 6.04 Å². The van der Waals surface area contributed by atoms with Gasteiger partial charge < -0.3 is 4.74 Å². The fourth-order valence-electron chi connectivity index (χ4n) is 2.34. The maximum Gasteiger partial charge on any atom is 0.327 e. The zero-order valence-corrected chi connectivity index (χ0v) is 10.9. The summed E-state index contributed by atoms with van der Waals surface area (Å²) in [6, 6.07) is 0.285. The Morgan fingerprint density at radius 2 is 2.18 bits per heavy atom. The van der Waals surface area contributed by atoms with Crippen LogP contribution in [0.2, 0.25) is 0 Å². The number of nitrogens with one attached hydrogen (secondary N) is 1. The van der Waals surface area contributed by atoms with E-state index in [9.17, 15) is 13.2 Å². The molecule has 1 unspecified atom stereocenters. The lowest BCUT2D eigenvalue weighted by Crippen LogP contribution is -2.60. The third-order valence-corrected chi connectivity index (χ3v) is 5.09. The molecule has 0 amide bonds. The highest BCUT2D eigenvalue weighted by Gasteiger charge is 2.48. The maximum absolute atomic E-state index is 12.0. The van der Waals surface area contributed by atoms with E-state index in [2.05, 4.69) is 5.32 Å². The van der Waals surface area contributed by atoms with Gasteiger partial charge in [-0.1, -0.05) is 0 Å². The molecule has 1 saturated carbocycles. The number of carbonyl (C=O) groups is 1. The number of esters is 1. The standard InChI is InChI=1S/C11H19NO4S/c1-2-16-10(13)11(12-9-4-5-9)6-3-7-17(14,15)8-11/h9,12H,2-8H2,1H3. The second-order valence-electron chi connectivity index (χ2n) is 4.92. The molecule has 17 heavy (non-hydrogen) atoms. The Morgan fingerprint density at radius 1 is 1.47 bits per heavy atom. The van der Waals surface area contributed by atoms with Gasteiger partial charge in [0.15, 0.2) is 9.84 Å². The van der Waals surface area contributed by atoms with Crippen LogP contribution < -0.4 is 5.32 Å². The minimum absolute atomic E-state index is 0.116. The minimum Gasteiger partial charge on any atom is -0.465 e. The molecule has 1 atom stereocenters. The normalized spacial score (nSPS) is 32.1. The van der Waals surface area contributed by atoms with Crippen molar-refractivity contribution in [1.29, 1.82) is 0 Å². The molecule has 2 aliphatic rings. The van der Waals surface area contributed by atoms with Crippen LogP contribution >= 0.6 is 0 Å². The van der Waals surface area contributed by atoms with Gasteiger partial charge in [-0.05, 0) is 32.6 Å². The quantitative estimate of drug-likeness (QED) is 0.734. The molecule has 2 rings (SSSR count). The van der Waals surface area contributed by atoms with Gasteiger partial charge in [0.05, 0.1) is 18.1 Å². The van der Waals surface area contributed by atoms with E-state index >= 15 is 0 Å². The van der Waals surface area contributed by atoms with E-state index < -0.39 is 21.3 Å². The van der Waals surface area contributed by atoms with Crippen LogP contribution in [0.5, 0.6) is 0 Å². The first-order valence-corrected chi connectivity index (χ1v) is 7.95. The molecule has 0 aromatic carbocycles. The van der Waals surface area contributed by atoms with Gasteiger partial charge in [-0.25, -0.2) is 8.42 Å². The highest BCUT2D eigenvalue weighted by molar-refractivity contribution is 7.91. The van der Waals surface area contributed by atoms with Gasteiger partial charge in [0.1, 0.15) is 5.54 Å². The Labute approximate surface area is 102 Å². The lowest BCUT2D eigenvalue weighted by Gasteiger charge is -2.35. The van der Waals surface area contributed by atoms with Crippen LogP contribution in [-0.2, 0) is 19.4 Å². The number of carbonyl (C=O) groups excluding carboxylic acids is 1. The fraction of sp³-hybridized carbons (Fsp3) is 0.909. The van der Waals surface area contributed by atoms with Gasteiger partial charge in [0.25, 0.3) is 0 Å². The third kappa shape index (κ3) is 2.98. The molecule has 0 aromatic rings. The SMILES string of the molecule is CCOC(=O)C1(NC2CC2)CCCS(=O)(=O)C1. The molecule has 1 heterocycles. The largest absolute Gasteiger partial charge is 0.465 e. The Hall–Kier alpha value is -0.620. The fourth-order valence-corrected chi connectivity index (χ4v) is 4.16. The summed E-state index contributed by atoms with van der Waals surface area (Å²) in [6.07, 6.45) is 3.12. The molecule has 0 spiro atoms. The molecule has 1 aliphatic heterocycles. The van der Waals surface area contributed by atoms with Gasteiger partial charge in [-0.3, -0.25) is 10.1 Å². The van der Waals surface area contributed by atoms with E-state index in [-0.39, 0.29) is 24.2 Å². The van der Waals surface area contributed by atoms with Crippen molar-refractivity contribution in [2.45, 2.75) is 44.2 Å². The smallest absolute Gasteiger partial charge is 0.327 e. The van der Waals surface area contributed by atoms with Crippen molar-refractivity contribution < 1.29 is 17.9 Å². The lowest BCUT2D eigenvalue weighted by molar-refractivity contribution is -0.150. The molecule has 0 radical (unpaired) electrons. The van der Waals surface area contributed by atoms with Crippen molar-refractivity contribution in [1.82, 2.24) is 5.32 Å². The molecule has 0 bridgehead atoms. The lowest BCUT2D eigenvalue weighted by atomic mass is 9.95. The summed E-state index contributed by atoms with van der Waals surface area (Å²) >= 11 is 0. The summed E-state index contributed by atoms with van der Waals surface area (Å²) in [7, 11) is -3.13. The molecule has 1 aliphatic carbocycles. The van der Waals surface area contributed by atoms with Crippen molar-refractivity contribution in [3.05, 3.63) is 0 Å². The molecule has 98 valence electrons. The average Bonchev–Trinajstić information content (AvgIpc) is 3.00. The van der Waals surface area contributed by atoms with Crippen LogP contribution in [-0.4, -0.2) is 44.1 Å². The second-order valence-corrected chi connectivity index (χ2v) is 7.10. The molecule has 2 fully saturated rings. The Kier molecular flexibility index (Phi) is 3.45. The summed E-state index contributed by atoms with van der Waals surface area (Å²) in [5.74, 6) is -0.342. The first-order valence-electron chi connectivity index (χ1n) is 6.13. The number of hydrogen-bond acceptors (Lipinski definition) is 5. The predicted molar refractivity (Wildman–Crippen MR) is 63.4 cm³/mol. The second kappa shape index (κ2) is 4.57. The molecule has 5 nitrogen and oxygen atoms in total.